The summed E-state index contributed by atoms with van der Waals surface area (Å²) in [7, 11) is 0. The maximum absolute atomic E-state index is 5.99. The molecule has 5 nitrogen and oxygen atoms in total. The van der Waals surface area contributed by atoms with Crippen molar-refractivity contribution in [2.24, 2.45) is 10.7 Å². The Morgan fingerprint density at radius 2 is 2.12 bits per heavy atom. The van der Waals surface area contributed by atoms with Gasteiger partial charge in [-0.2, -0.15) is 0 Å². The van der Waals surface area contributed by atoms with Crippen molar-refractivity contribution in [2.45, 2.75) is 39.2 Å². The third kappa shape index (κ3) is 4.25. The molecule has 1 heterocycles. The molecule has 0 fully saturated rings. The molecule has 1 aromatic carbocycles. The minimum atomic E-state index is 0.416. The lowest BCUT2D eigenvalue weighted by atomic mass is 10.1. The van der Waals surface area contributed by atoms with Gasteiger partial charge in [-0.1, -0.05) is 19.1 Å². The highest BCUT2D eigenvalue weighted by atomic mass is 16.5. The van der Waals surface area contributed by atoms with E-state index in [4.69, 9.17) is 10.5 Å². The Morgan fingerprint density at radius 1 is 1.25 bits per heavy atom. The van der Waals surface area contributed by atoms with Crippen molar-refractivity contribution in [1.82, 2.24) is 4.98 Å². The molecule has 1 aliphatic carbocycles. The quantitative estimate of drug-likeness (QED) is 0.632. The van der Waals surface area contributed by atoms with E-state index in [0.29, 0.717) is 25.0 Å². The SMILES string of the molecule is CCCOc1ccc(CN=C(N)Nc2ccc3c(c2)CCC3)cn1. The van der Waals surface area contributed by atoms with Gasteiger partial charge >= 0.3 is 0 Å². The summed E-state index contributed by atoms with van der Waals surface area (Å²) >= 11 is 0. The molecule has 3 rings (SSSR count). The van der Waals surface area contributed by atoms with Gasteiger partial charge in [-0.15, -0.1) is 0 Å². The van der Waals surface area contributed by atoms with Crippen LogP contribution in [0.3, 0.4) is 0 Å². The van der Waals surface area contributed by atoms with Crippen LogP contribution in [0.2, 0.25) is 0 Å². The number of fused-ring (bicyclic) bond motifs is 1. The van der Waals surface area contributed by atoms with Crippen molar-refractivity contribution in [3.63, 3.8) is 0 Å². The number of aromatic nitrogens is 1. The van der Waals surface area contributed by atoms with Crippen LogP contribution in [0.4, 0.5) is 5.69 Å². The number of hydrogen-bond acceptors (Lipinski definition) is 3. The lowest BCUT2D eigenvalue weighted by Gasteiger charge is -2.08. The second-order valence-corrected chi connectivity index (χ2v) is 6.02. The second-order valence-electron chi connectivity index (χ2n) is 6.02. The van der Waals surface area contributed by atoms with Gasteiger partial charge in [0.05, 0.1) is 13.2 Å². The third-order valence-corrected chi connectivity index (χ3v) is 4.05. The fraction of sp³-hybridized carbons (Fsp3) is 0.368. The number of aliphatic imine (C=N–C) groups is 1. The summed E-state index contributed by atoms with van der Waals surface area (Å²) < 4.78 is 5.47. The average molecular weight is 324 g/mol. The molecule has 0 bridgehead atoms. The summed E-state index contributed by atoms with van der Waals surface area (Å²) in [4.78, 5) is 8.64. The molecule has 0 atom stereocenters. The minimum Gasteiger partial charge on any atom is -0.478 e. The summed E-state index contributed by atoms with van der Waals surface area (Å²) in [5.74, 6) is 1.06. The number of nitrogens with zero attached hydrogens (tertiary/aromatic N) is 2. The van der Waals surface area contributed by atoms with E-state index in [1.54, 1.807) is 6.20 Å². The van der Waals surface area contributed by atoms with Gasteiger partial charge in [0.25, 0.3) is 0 Å². The monoisotopic (exact) mass is 324 g/mol. The molecule has 2 aromatic rings. The Kier molecular flexibility index (Phi) is 5.31. The molecule has 5 heteroatoms. The number of pyridine rings is 1. The molecule has 0 spiro atoms. The first-order valence-corrected chi connectivity index (χ1v) is 8.51. The first kappa shape index (κ1) is 16.3. The van der Waals surface area contributed by atoms with Crippen molar-refractivity contribution in [3.8, 4) is 5.88 Å². The van der Waals surface area contributed by atoms with Crippen molar-refractivity contribution >= 4 is 11.6 Å². The lowest BCUT2D eigenvalue weighted by molar-refractivity contribution is 0.305. The van der Waals surface area contributed by atoms with Crippen LogP contribution < -0.4 is 15.8 Å². The molecular weight excluding hydrogens is 300 g/mol. The van der Waals surface area contributed by atoms with E-state index in [1.165, 1.54) is 24.0 Å². The zero-order valence-electron chi connectivity index (χ0n) is 14.1. The summed E-state index contributed by atoms with van der Waals surface area (Å²) in [5, 5.41) is 3.16. The van der Waals surface area contributed by atoms with Crippen LogP contribution in [-0.2, 0) is 19.4 Å². The molecule has 0 radical (unpaired) electrons. The van der Waals surface area contributed by atoms with Gasteiger partial charge in [0.1, 0.15) is 0 Å². The molecule has 0 unspecified atom stereocenters. The molecule has 0 amide bonds. The largest absolute Gasteiger partial charge is 0.478 e. The molecule has 3 N–H and O–H groups in total. The van der Waals surface area contributed by atoms with Crippen LogP contribution in [-0.4, -0.2) is 17.6 Å². The van der Waals surface area contributed by atoms with E-state index >= 15 is 0 Å². The summed E-state index contributed by atoms with van der Waals surface area (Å²) in [6.07, 6.45) is 6.33. The number of guanidine groups is 1. The highest BCUT2D eigenvalue weighted by Crippen LogP contribution is 2.24. The highest BCUT2D eigenvalue weighted by Gasteiger charge is 2.10. The Balaban J connectivity index is 1.56. The fourth-order valence-electron chi connectivity index (χ4n) is 2.81. The lowest BCUT2D eigenvalue weighted by Crippen LogP contribution is -2.22. The van der Waals surface area contributed by atoms with E-state index in [-0.39, 0.29) is 0 Å². The van der Waals surface area contributed by atoms with Crippen LogP contribution in [0.5, 0.6) is 5.88 Å². The van der Waals surface area contributed by atoms with Crippen LogP contribution in [0.1, 0.15) is 36.5 Å². The molecule has 0 aliphatic heterocycles. The van der Waals surface area contributed by atoms with Gasteiger partial charge in [-0.25, -0.2) is 9.98 Å². The number of nitrogens with two attached hydrogens (primary N) is 1. The van der Waals surface area contributed by atoms with Gasteiger partial charge in [0.15, 0.2) is 5.96 Å². The normalized spacial score (nSPS) is 13.6. The van der Waals surface area contributed by atoms with E-state index < -0.39 is 0 Å². The van der Waals surface area contributed by atoms with Crippen molar-refractivity contribution in [2.75, 3.05) is 11.9 Å². The molecule has 0 saturated heterocycles. The first-order chi connectivity index (χ1) is 11.7. The smallest absolute Gasteiger partial charge is 0.213 e. The molecule has 24 heavy (non-hydrogen) atoms. The van der Waals surface area contributed by atoms with Gasteiger partial charge in [-0.3, -0.25) is 0 Å². The topological polar surface area (TPSA) is 72.5 Å². The fourth-order valence-corrected chi connectivity index (χ4v) is 2.81. The second kappa shape index (κ2) is 7.81. The highest BCUT2D eigenvalue weighted by molar-refractivity contribution is 5.92. The van der Waals surface area contributed by atoms with Crippen LogP contribution in [0, 0.1) is 0 Å². The van der Waals surface area contributed by atoms with Gasteiger partial charge in [-0.05, 0) is 54.5 Å². The number of benzene rings is 1. The maximum atomic E-state index is 5.99. The van der Waals surface area contributed by atoms with Gasteiger partial charge in [0.2, 0.25) is 5.88 Å². The molecule has 1 aliphatic rings. The van der Waals surface area contributed by atoms with Gasteiger partial charge in [0, 0.05) is 18.0 Å². The van der Waals surface area contributed by atoms with E-state index in [0.717, 1.165) is 24.1 Å². The van der Waals surface area contributed by atoms with Crippen LogP contribution >= 0.6 is 0 Å². The molecule has 126 valence electrons. The number of hydrogen-bond donors (Lipinski definition) is 2. The van der Waals surface area contributed by atoms with Crippen molar-refractivity contribution < 1.29 is 4.74 Å². The number of nitrogens with one attached hydrogen (secondary N) is 1. The van der Waals surface area contributed by atoms with E-state index in [9.17, 15) is 0 Å². The maximum Gasteiger partial charge on any atom is 0.213 e. The zero-order chi connectivity index (χ0) is 16.8. The number of rotatable bonds is 6. The predicted molar refractivity (Wildman–Crippen MR) is 97.4 cm³/mol. The Bertz CT molecular complexity index is 710. The first-order valence-electron chi connectivity index (χ1n) is 8.51. The van der Waals surface area contributed by atoms with Crippen molar-refractivity contribution in [1.29, 1.82) is 0 Å². The molecule has 0 saturated carbocycles. The van der Waals surface area contributed by atoms with Crippen LogP contribution in [0.15, 0.2) is 41.5 Å². The molecular formula is C19H24N4O. The summed E-state index contributed by atoms with van der Waals surface area (Å²) in [6.45, 7) is 3.24. The summed E-state index contributed by atoms with van der Waals surface area (Å²) in [6, 6.07) is 10.2. The third-order valence-electron chi connectivity index (χ3n) is 4.05. The number of aryl methyl sites for hydroxylation is 2. The van der Waals surface area contributed by atoms with E-state index in [1.807, 2.05) is 12.1 Å². The number of anilines is 1. The average Bonchev–Trinajstić information content (AvgIpc) is 3.07. The Hall–Kier alpha value is -2.56. The Labute approximate surface area is 143 Å². The zero-order valence-corrected chi connectivity index (χ0v) is 14.1. The summed E-state index contributed by atoms with van der Waals surface area (Å²) in [5.41, 5.74) is 10.9. The standard InChI is InChI=1S/C19H24N4O/c1-2-10-24-18-9-6-14(12-21-18)13-22-19(20)23-17-8-7-15-4-3-5-16(15)11-17/h6-9,11-12H,2-5,10,13H2,1H3,(H3,20,22,23). The Morgan fingerprint density at radius 3 is 2.92 bits per heavy atom. The van der Waals surface area contributed by atoms with Gasteiger partial charge < -0.3 is 15.8 Å². The number of ether oxygens (including phenoxy) is 1. The molecule has 1 aromatic heterocycles. The minimum absolute atomic E-state index is 0.416. The van der Waals surface area contributed by atoms with E-state index in [2.05, 4.69) is 40.4 Å². The predicted octanol–water partition coefficient (Wildman–Crippen LogP) is 3.29. The van der Waals surface area contributed by atoms with Crippen molar-refractivity contribution in [3.05, 3.63) is 53.2 Å². The van der Waals surface area contributed by atoms with Crippen LogP contribution in [0.25, 0.3) is 0 Å².